The number of nitrogens with zero attached hydrogens (tertiary/aromatic N) is 2. The smallest absolute Gasteiger partial charge is 0.270 e. The summed E-state index contributed by atoms with van der Waals surface area (Å²) in [6.07, 6.45) is 0. The van der Waals surface area contributed by atoms with Gasteiger partial charge in [0.2, 0.25) is 0 Å². The van der Waals surface area contributed by atoms with Gasteiger partial charge in [-0.25, -0.2) is 0 Å². The summed E-state index contributed by atoms with van der Waals surface area (Å²) in [5, 5.41) is 17.6. The first-order chi connectivity index (χ1) is 14.0. The van der Waals surface area contributed by atoms with Gasteiger partial charge in [-0.3, -0.25) is 19.8 Å². The van der Waals surface area contributed by atoms with Crippen molar-refractivity contribution in [2.45, 2.75) is 6.04 Å². The van der Waals surface area contributed by atoms with E-state index in [9.17, 15) is 14.9 Å². The molecule has 0 radical (unpaired) electrons. The van der Waals surface area contributed by atoms with Crippen molar-refractivity contribution < 1.29 is 14.5 Å². The van der Waals surface area contributed by atoms with Gasteiger partial charge in [0.1, 0.15) is 0 Å². The fourth-order valence-electron chi connectivity index (χ4n) is 3.39. The number of nitro benzene ring substituents is 1. The number of nitro groups is 1. The minimum absolute atomic E-state index is 0.00493. The van der Waals surface area contributed by atoms with Crippen LogP contribution in [-0.4, -0.2) is 55.6 Å². The Labute approximate surface area is 173 Å². The van der Waals surface area contributed by atoms with Crippen molar-refractivity contribution in [1.29, 1.82) is 0 Å². The second kappa shape index (κ2) is 9.69. The number of ether oxygens (including phenoxy) is 1. The van der Waals surface area contributed by atoms with Crippen molar-refractivity contribution >= 4 is 28.9 Å². The van der Waals surface area contributed by atoms with Crippen LogP contribution in [0.5, 0.6) is 0 Å². The van der Waals surface area contributed by atoms with Crippen LogP contribution in [0.1, 0.15) is 22.0 Å². The quantitative estimate of drug-likeness (QED) is 0.529. The third-order valence-electron chi connectivity index (χ3n) is 4.89. The zero-order chi connectivity index (χ0) is 20.8. The van der Waals surface area contributed by atoms with Gasteiger partial charge >= 0.3 is 0 Å². The van der Waals surface area contributed by atoms with Crippen LogP contribution < -0.4 is 10.6 Å². The molecule has 9 heteroatoms. The number of carbonyl (C=O) groups is 1. The highest BCUT2D eigenvalue weighted by Crippen LogP contribution is 2.27. The first-order valence-corrected chi connectivity index (χ1v) is 9.69. The number of carbonyl (C=O) groups excluding carboxylic acids is 1. The molecule has 0 spiro atoms. The molecule has 1 amide bonds. The highest BCUT2D eigenvalue weighted by Gasteiger charge is 2.24. The molecule has 0 aromatic heterocycles. The zero-order valence-corrected chi connectivity index (χ0v) is 16.8. The first-order valence-electron chi connectivity index (χ1n) is 9.31. The Balaban J connectivity index is 1.87. The van der Waals surface area contributed by atoms with Crippen LogP contribution in [0.3, 0.4) is 0 Å². The number of rotatable bonds is 7. The van der Waals surface area contributed by atoms with Crippen molar-refractivity contribution in [3.05, 3.63) is 68.7 Å². The van der Waals surface area contributed by atoms with Crippen molar-refractivity contribution in [3.63, 3.8) is 0 Å². The molecule has 1 fully saturated rings. The van der Waals surface area contributed by atoms with Crippen molar-refractivity contribution in [2.75, 3.05) is 45.2 Å². The molecule has 1 heterocycles. The summed E-state index contributed by atoms with van der Waals surface area (Å²) in [4.78, 5) is 25.1. The Morgan fingerprint density at radius 1 is 1.28 bits per heavy atom. The van der Waals surface area contributed by atoms with E-state index >= 15 is 0 Å². The SMILES string of the molecule is CNC(=O)c1cc([N+](=O)[O-])ccc1NCC(c1cccc(Cl)c1)N1CCOCC1. The summed E-state index contributed by atoms with van der Waals surface area (Å²) >= 11 is 6.20. The molecular weight excluding hydrogens is 396 g/mol. The number of morpholine rings is 1. The predicted octanol–water partition coefficient (Wildman–Crippen LogP) is 3.09. The van der Waals surface area contributed by atoms with Crippen LogP contribution in [-0.2, 0) is 4.74 Å². The van der Waals surface area contributed by atoms with E-state index in [1.807, 2.05) is 24.3 Å². The molecule has 29 heavy (non-hydrogen) atoms. The highest BCUT2D eigenvalue weighted by atomic mass is 35.5. The number of non-ortho nitro benzene ring substituents is 1. The summed E-state index contributed by atoms with van der Waals surface area (Å²) in [7, 11) is 1.49. The van der Waals surface area contributed by atoms with E-state index in [0.29, 0.717) is 30.5 Å². The summed E-state index contributed by atoms with van der Waals surface area (Å²) in [5.41, 5.74) is 1.69. The lowest BCUT2D eigenvalue weighted by Crippen LogP contribution is -2.41. The molecule has 2 aromatic rings. The summed E-state index contributed by atoms with van der Waals surface area (Å²) in [5.74, 6) is -0.387. The third kappa shape index (κ3) is 5.23. The highest BCUT2D eigenvalue weighted by molar-refractivity contribution is 6.30. The molecule has 0 aliphatic carbocycles. The van der Waals surface area contributed by atoms with Gasteiger partial charge < -0.3 is 15.4 Å². The second-order valence-electron chi connectivity index (χ2n) is 6.67. The monoisotopic (exact) mass is 418 g/mol. The number of hydrogen-bond acceptors (Lipinski definition) is 6. The standard InChI is InChI=1S/C20H23ClN4O4/c1-22-20(26)17-12-16(25(27)28)5-6-18(17)23-13-19(24-7-9-29-10-8-24)14-3-2-4-15(21)11-14/h2-6,11-12,19,23H,7-10,13H2,1H3,(H,22,26). The first kappa shape index (κ1) is 21.0. The van der Waals surface area contributed by atoms with E-state index in [-0.39, 0.29) is 23.2 Å². The van der Waals surface area contributed by atoms with Crippen LogP contribution in [0.2, 0.25) is 5.02 Å². The second-order valence-corrected chi connectivity index (χ2v) is 7.10. The van der Waals surface area contributed by atoms with Gasteiger partial charge in [-0.1, -0.05) is 23.7 Å². The maximum atomic E-state index is 12.3. The molecule has 1 saturated heterocycles. The van der Waals surface area contributed by atoms with Crippen LogP contribution in [0.15, 0.2) is 42.5 Å². The van der Waals surface area contributed by atoms with Crippen LogP contribution in [0, 0.1) is 10.1 Å². The Morgan fingerprint density at radius 3 is 2.69 bits per heavy atom. The molecule has 3 rings (SSSR count). The molecular formula is C20H23ClN4O4. The lowest BCUT2D eigenvalue weighted by atomic mass is 10.0. The van der Waals surface area contributed by atoms with Crippen molar-refractivity contribution in [1.82, 2.24) is 10.2 Å². The van der Waals surface area contributed by atoms with E-state index in [1.54, 1.807) is 6.07 Å². The molecule has 154 valence electrons. The molecule has 1 unspecified atom stereocenters. The van der Waals surface area contributed by atoms with Crippen LogP contribution in [0.25, 0.3) is 0 Å². The van der Waals surface area contributed by atoms with Gasteiger partial charge in [0.15, 0.2) is 0 Å². The van der Waals surface area contributed by atoms with Crippen LogP contribution >= 0.6 is 11.6 Å². The average Bonchev–Trinajstić information content (AvgIpc) is 2.74. The zero-order valence-electron chi connectivity index (χ0n) is 16.1. The largest absolute Gasteiger partial charge is 0.382 e. The number of benzene rings is 2. The number of nitrogens with one attached hydrogen (secondary N) is 2. The van der Waals surface area contributed by atoms with Gasteiger partial charge in [0.25, 0.3) is 11.6 Å². The lowest BCUT2D eigenvalue weighted by Gasteiger charge is -2.35. The lowest BCUT2D eigenvalue weighted by molar-refractivity contribution is -0.384. The number of anilines is 1. The normalized spacial score (nSPS) is 15.5. The minimum atomic E-state index is -0.515. The van der Waals surface area contributed by atoms with Crippen LogP contribution in [0.4, 0.5) is 11.4 Å². The van der Waals surface area contributed by atoms with Gasteiger partial charge in [0.05, 0.1) is 29.7 Å². The Kier molecular flexibility index (Phi) is 7.03. The van der Waals surface area contributed by atoms with Gasteiger partial charge in [-0.2, -0.15) is 0 Å². The van der Waals surface area contributed by atoms with E-state index < -0.39 is 4.92 Å². The molecule has 0 bridgehead atoms. The number of halogens is 1. The maximum absolute atomic E-state index is 12.3. The molecule has 2 aromatic carbocycles. The predicted molar refractivity (Wildman–Crippen MR) is 112 cm³/mol. The summed E-state index contributed by atoms with van der Waals surface area (Å²) in [6.45, 7) is 3.36. The topological polar surface area (TPSA) is 96.7 Å². The molecule has 1 aliphatic heterocycles. The maximum Gasteiger partial charge on any atom is 0.270 e. The van der Waals surface area contributed by atoms with E-state index in [4.69, 9.17) is 16.3 Å². The molecule has 1 atom stereocenters. The van der Waals surface area contributed by atoms with Crippen molar-refractivity contribution in [2.24, 2.45) is 0 Å². The summed E-state index contributed by atoms with van der Waals surface area (Å²) in [6, 6.07) is 11.9. The molecule has 1 aliphatic rings. The Bertz CT molecular complexity index is 887. The minimum Gasteiger partial charge on any atom is -0.382 e. The number of amides is 1. The van der Waals surface area contributed by atoms with E-state index in [0.717, 1.165) is 18.7 Å². The Hall–Kier alpha value is -2.68. The molecule has 2 N–H and O–H groups in total. The third-order valence-corrected chi connectivity index (χ3v) is 5.13. The van der Waals surface area contributed by atoms with E-state index in [2.05, 4.69) is 15.5 Å². The summed E-state index contributed by atoms with van der Waals surface area (Å²) < 4.78 is 5.47. The van der Waals surface area contributed by atoms with Gasteiger partial charge in [0, 0.05) is 49.5 Å². The average molecular weight is 419 g/mol. The molecule has 0 saturated carbocycles. The fraction of sp³-hybridized carbons (Fsp3) is 0.350. The van der Waals surface area contributed by atoms with E-state index in [1.165, 1.54) is 19.2 Å². The Morgan fingerprint density at radius 2 is 2.03 bits per heavy atom. The van der Waals surface area contributed by atoms with Crippen molar-refractivity contribution in [3.8, 4) is 0 Å². The van der Waals surface area contributed by atoms with Gasteiger partial charge in [-0.15, -0.1) is 0 Å². The fourth-order valence-corrected chi connectivity index (χ4v) is 3.59. The molecule has 8 nitrogen and oxygen atoms in total. The van der Waals surface area contributed by atoms with Gasteiger partial charge in [-0.05, 0) is 23.8 Å². The number of hydrogen-bond donors (Lipinski definition) is 2.